The molecule has 0 radical (unpaired) electrons. The molecule has 1 heterocycles. The number of hydrogen-bond donors (Lipinski definition) is 2. The van der Waals surface area contributed by atoms with Crippen LogP contribution in [0.4, 0.5) is 0 Å². The molecule has 1 amide bonds. The molecule has 1 aromatic heterocycles. The molecule has 0 unspecified atom stereocenters. The van der Waals surface area contributed by atoms with Gasteiger partial charge in [0.1, 0.15) is 5.56 Å². The molecule has 3 aromatic rings. The number of rotatable bonds is 7. The molecule has 0 spiro atoms. The molecule has 2 N–H and O–H groups in total. The summed E-state index contributed by atoms with van der Waals surface area (Å²) in [7, 11) is 1.22. The van der Waals surface area contributed by atoms with E-state index in [1.165, 1.54) is 7.11 Å². The van der Waals surface area contributed by atoms with Crippen LogP contribution in [0.3, 0.4) is 0 Å². The van der Waals surface area contributed by atoms with Gasteiger partial charge >= 0.3 is 5.97 Å². The maximum Gasteiger partial charge on any atom is 0.344 e. The maximum atomic E-state index is 12.7. The highest BCUT2D eigenvalue weighted by molar-refractivity contribution is 8.00. The van der Waals surface area contributed by atoms with E-state index >= 15 is 0 Å². The van der Waals surface area contributed by atoms with Gasteiger partial charge in [0.15, 0.2) is 0 Å². The third kappa shape index (κ3) is 5.19. The summed E-state index contributed by atoms with van der Waals surface area (Å²) in [6.45, 7) is 0.471. The molecule has 0 bridgehead atoms. The summed E-state index contributed by atoms with van der Waals surface area (Å²) in [5.41, 5.74) is 1.15. The van der Waals surface area contributed by atoms with Crippen LogP contribution in [-0.2, 0) is 16.0 Å². The first-order valence-corrected chi connectivity index (χ1v) is 10.2. The molecule has 150 valence electrons. The fraction of sp³-hybridized carbons (Fsp3) is 0.190. The number of nitrogens with one attached hydrogen (secondary N) is 2. The molecule has 0 saturated heterocycles. The Morgan fingerprint density at radius 2 is 1.86 bits per heavy atom. The Morgan fingerprint density at radius 1 is 1.14 bits per heavy atom. The van der Waals surface area contributed by atoms with Crippen molar-refractivity contribution < 1.29 is 14.3 Å². The number of hydrogen-bond acceptors (Lipinski definition) is 5. The van der Waals surface area contributed by atoms with Crippen molar-refractivity contribution in [3.05, 3.63) is 74.9 Å². The fourth-order valence-corrected chi connectivity index (χ4v) is 3.80. The van der Waals surface area contributed by atoms with Crippen molar-refractivity contribution in [3.63, 3.8) is 0 Å². The van der Waals surface area contributed by atoms with Crippen LogP contribution in [0.5, 0.6) is 0 Å². The molecule has 0 aliphatic heterocycles. The minimum atomic E-state index is -0.734. The average Bonchev–Trinajstić information content (AvgIpc) is 2.73. The third-order valence-electron chi connectivity index (χ3n) is 4.26. The molecular formula is C21H19ClN2O4S. The number of amides is 1. The van der Waals surface area contributed by atoms with Crippen molar-refractivity contribution >= 4 is 46.1 Å². The third-order valence-corrected chi connectivity index (χ3v) is 5.51. The molecule has 29 heavy (non-hydrogen) atoms. The summed E-state index contributed by atoms with van der Waals surface area (Å²) in [6, 6.07) is 14.3. The highest BCUT2D eigenvalue weighted by Gasteiger charge is 2.20. The van der Waals surface area contributed by atoms with Crippen molar-refractivity contribution in [2.24, 2.45) is 0 Å². The number of benzene rings is 2. The molecule has 8 heteroatoms. The Kier molecular flexibility index (Phi) is 6.95. The lowest BCUT2D eigenvalue weighted by Gasteiger charge is -2.10. The van der Waals surface area contributed by atoms with Crippen molar-refractivity contribution in [2.45, 2.75) is 11.4 Å². The number of pyridine rings is 1. The second-order valence-electron chi connectivity index (χ2n) is 6.21. The van der Waals surface area contributed by atoms with Gasteiger partial charge in [-0.3, -0.25) is 9.59 Å². The molecule has 0 saturated carbocycles. The van der Waals surface area contributed by atoms with Gasteiger partial charge in [0, 0.05) is 17.0 Å². The van der Waals surface area contributed by atoms with E-state index in [-0.39, 0.29) is 17.2 Å². The lowest BCUT2D eigenvalue weighted by Crippen LogP contribution is -2.27. The Morgan fingerprint density at radius 3 is 2.59 bits per heavy atom. The second kappa shape index (κ2) is 9.62. The Hall–Kier alpha value is -2.77. The first-order valence-electron chi connectivity index (χ1n) is 8.87. The van der Waals surface area contributed by atoms with Gasteiger partial charge in [0.2, 0.25) is 11.3 Å². The lowest BCUT2D eigenvalue weighted by atomic mass is 10.1. The van der Waals surface area contributed by atoms with Crippen molar-refractivity contribution in [3.8, 4) is 0 Å². The zero-order valence-corrected chi connectivity index (χ0v) is 17.2. The van der Waals surface area contributed by atoms with E-state index in [0.29, 0.717) is 33.9 Å². The van der Waals surface area contributed by atoms with Crippen molar-refractivity contribution in [2.75, 3.05) is 19.4 Å². The summed E-state index contributed by atoms with van der Waals surface area (Å²) in [6.07, 6.45) is 0.674. The van der Waals surface area contributed by atoms with Crippen LogP contribution in [0.2, 0.25) is 5.02 Å². The summed E-state index contributed by atoms with van der Waals surface area (Å²) in [5, 5.41) is 4.20. The summed E-state index contributed by atoms with van der Waals surface area (Å²) >= 11 is 6.95. The number of aromatic nitrogens is 1. The fourth-order valence-electron chi connectivity index (χ4n) is 2.79. The van der Waals surface area contributed by atoms with Gasteiger partial charge in [-0.15, -0.1) is 0 Å². The first-order chi connectivity index (χ1) is 14.0. The van der Waals surface area contributed by atoms with E-state index in [0.717, 1.165) is 17.3 Å². The average molecular weight is 431 g/mol. The highest BCUT2D eigenvalue weighted by Crippen LogP contribution is 2.22. The number of carbonyl (C=O) groups is 2. The zero-order valence-electron chi connectivity index (χ0n) is 15.7. The van der Waals surface area contributed by atoms with Crippen LogP contribution in [-0.4, -0.2) is 36.3 Å². The van der Waals surface area contributed by atoms with E-state index in [2.05, 4.69) is 10.3 Å². The van der Waals surface area contributed by atoms with E-state index < -0.39 is 11.4 Å². The SMILES string of the molecule is COC(=O)c1c(SCC(=O)NCCc2ccc(Cl)cc2)[nH]c2ccccc2c1=O. The van der Waals surface area contributed by atoms with Crippen LogP contribution in [0.25, 0.3) is 10.9 Å². The van der Waals surface area contributed by atoms with Gasteiger partial charge in [-0.05, 0) is 36.2 Å². The van der Waals surface area contributed by atoms with Gasteiger partial charge in [-0.25, -0.2) is 4.79 Å². The molecule has 0 atom stereocenters. The number of halogens is 1. The quantitative estimate of drug-likeness (QED) is 0.443. The largest absolute Gasteiger partial charge is 0.465 e. The summed E-state index contributed by atoms with van der Waals surface area (Å²) < 4.78 is 4.75. The topological polar surface area (TPSA) is 88.3 Å². The molecule has 0 aliphatic carbocycles. The van der Waals surface area contributed by atoms with Crippen LogP contribution in [0.15, 0.2) is 58.4 Å². The van der Waals surface area contributed by atoms with Gasteiger partial charge in [0.05, 0.1) is 23.4 Å². The lowest BCUT2D eigenvalue weighted by molar-refractivity contribution is -0.118. The normalized spacial score (nSPS) is 10.7. The number of fused-ring (bicyclic) bond motifs is 1. The number of esters is 1. The molecule has 3 rings (SSSR count). The smallest absolute Gasteiger partial charge is 0.344 e. The molecule has 2 aromatic carbocycles. The van der Waals surface area contributed by atoms with Gasteiger partial charge in [-0.2, -0.15) is 0 Å². The molecular weight excluding hydrogens is 412 g/mol. The van der Waals surface area contributed by atoms with Crippen LogP contribution < -0.4 is 10.7 Å². The molecule has 0 aliphatic rings. The van der Waals surface area contributed by atoms with Crippen LogP contribution >= 0.6 is 23.4 Å². The summed E-state index contributed by atoms with van der Waals surface area (Å²) in [4.78, 5) is 40.1. The van der Waals surface area contributed by atoms with E-state index in [1.807, 2.05) is 12.1 Å². The maximum absolute atomic E-state index is 12.7. The Balaban J connectivity index is 1.67. The van der Waals surface area contributed by atoms with E-state index in [9.17, 15) is 14.4 Å². The minimum Gasteiger partial charge on any atom is -0.465 e. The molecule has 0 fully saturated rings. The standard InChI is InChI=1S/C21H19ClN2O4S/c1-28-21(27)18-19(26)15-4-2-3-5-16(15)24-20(18)29-12-17(25)23-11-10-13-6-8-14(22)9-7-13/h2-9H,10-12H2,1H3,(H,23,25)(H,24,26). The van der Waals surface area contributed by atoms with Gasteiger partial charge < -0.3 is 15.0 Å². The number of thioether (sulfide) groups is 1. The first kappa shape index (κ1) is 21.0. The predicted molar refractivity (Wildman–Crippen MR) is 115 cm³/mol. The second-order valence-corrected chi connectivity index (χ2v) is 7.63. The summed E-state index contributed by atoms with van der Waals surface area (Å²) in [5.74, 6) is -0.879. The number of H-pyrrole nitrogens is 1. The van der Waals surface area contributed by atoms with Gasteiger partial charge in [0.25, 0.3) is 0 Å². The number of methoxy groups -OCH3 is 1. The zero-order chi connectivity index (χ0) is 20.8. The Bertz CT molecular complexity index is 1100. The van der Waals surface area contributed by atoms with Crippen LogP contribution in [0, 0.1) is 0 Å². The molecule has 6 nitrogen and oxygen atoms in total. The number of aromatic amines is 1. The monoisotopic (exact) mass is 430 g/mol. The predicted octanol–water partition coefficient (Wildman–Crippen LogP) is 3.42. The number of carbonyl (C=O) groups excluding carboxylic acids is 2. The minimum absolute atomic E-state index is 0.0545. The Labute approximate surface area is 176 Å². The van der Waals surface area contributed by atoms with Gasteiger partial charge in [-0.1, -0.05) is 47.6 Å². The number of ether oxygens (including phenoxy) is 1. The number of para-hydroxylation sites is 1. The van der Waals surface area contributed by atoms with E-state index in [4.69, 9.17) is 16.3 Å². The van der Waals surface area contributed by atoms with Crippen LogP contribution in [0.1, 0.15) is 15.9 Å². The van der Waals surface area contributed by atoms with Crippen molar-refractivity contribution in [1.82, 2.24) is 10.3 Å². The highest BCUT2D eigenvalue weighted by atomic mass is 35.5. The van der Waals surface area contributed by atoms with E-state index in [1.54, 1.807) is 36.4 Å². The van der Waals surface area contributed by atoms with Crippen molar-refractivity contribution in [1.29, 1.82) is 0 Å².